The standard InChI is InChI=1S/C11H16N2O5S/c1-7(14)13-6-19-5-8(13)10(15)12-2-3-18-9(4-12)11(16)17/h8-9H,2-6H2,1H3,(H,16,17)/t8-,9+/m1/s1. The topological polar surface area (TPSA) is 87.2 Å². The number of carbonyl (C=O) groups is 3. The summed E-state index contributed by atoms with van der Waals surface area (Å²) in [5, 5.41) is 8.91. The molecule has 0 radical (unpaired) electrons. The average molecular weight is 288 g/mol. The highest BCUT2D eigenvalue weighted by Gasteiger charge is 2.38. The lowest BCUT2D eigenvalue weighted by Crippen LogP contribution is -2.54. The van der Waals surface area contributed by atoms with Gasteiger partial charge in [0.2, 0.25) is 11.8 Å². The number of nitrogens with zero attached hydrogens (tertiary/aromatic N) is 2. The Morgan fingerprint density at radius 3 is 2.74 bits per heavy atom. The number of aliphatic carboxylic acids is 1. The van der Waals surface area contributed by atoms with E-state index in [1.807, 2.05) is 0 Å². The summed E-state index contributed by atoms with van der Waals surface area (Å²) in [6.07, 6.45) is -0.975. The Labute approximate surface area is 114 Å². The molecular formula is C11H16N2O5S. The zero-order chi connectivity index (χ0) is 14.0. The molecule has 0 aliphatic carbocycles. The van der Waals surface area contributed by atoms with Crippen molar-refractivity contribution in [2.45, 2.75) is 19.1 Å². The Morgan fingerprint density at radius 2 is 2.11 bits per heavy atom. The molecule has 7 nitrogen and oxygen atoms in total. The third-order valence-electron chi connectivity index (χ3n) is 3.23. The third-order valence-corrected chi connectivity index (χ3v) is 4.24. The smallest absolute Gasteiger partial charge is 0.334 e. The Bertz CT molecular complexity index is 403. The van der Waals surface area contributed by atoms with Crippen LogP contribution in [0.5, 0.6) is 0 Å². The van der Waals surface area contributed by atoms with Crippen LogP contribution in [0.1, 0.15) is 6.92 Å². The van der Waals surface area contributed by atoms with Gasteiger partial charge in [0.05, 0.1) is 19.0 Å². The molecule has 0 unspecified atom stereocenters. The fraction of sp³-hybridized carbons (Fsp3) is 0.727. The molecule has 2 aliphatic heterocycles. The maximum absolute atomic E-state index is 12.4. The van der Waals surface area contributed by atoms with E-state index in [-0.39, 0.29) is 25.0 Å². The number of ether oxygens (including phenoxy) is 1. The lowest BCUT2D eigenvalue weighted by Gasteiger charge is -2.34. The lowest BCUT2D eigenvalue weighted by atomic mass is 10.2. The fourth-order valence-corrected chi connectivity index (χ4v) is 3.38. The summed E-state index contributed by atoms with van der Waals surface area (Å²) in [5.74, 6) is -0.311. The quantitative estimate of drug-likeness (QED) is 0.717. The maximum atomic E-state index is 12.4. The number of carboxylic acids is 1. The summed E-state index contributed by atoms with van der Waals surface area (Å²) in [6, 6.07) is -0.477. The first kappa shape index (κ1) is 14.1. The summed E-state index contributed by atoms with van der Waals surface area (Å²) in [5.41, 5.74) is 0. The normalized spacial score (nSPS) is 27.4. The lowest BCUT2D eigenvalue weighted by molar-refractivity contribution is -0.161. The van der Waals surface area contributed by atoms with Gasteiger partial charge in [0.25, 0.3) is 0 Å². The Balaban J connectivity index is 2.02. The molecule has 106 valence electrons. The van der Waals surface area contributed by atoms with Gasteiger partial charge in [-0.15, -0.1) is 11.8 Å². The molecular weight excluding hydrogens is 272 g/mol. The first-order chi connectivity index (χ1) is 9.00. The monoisotopic (exact) mass is 288 g/mol. The Morgan fingerprint density at radius 1 is 1.37 bits per heavy atom. The number of hydrogen-bond donors (Lipinski definition) is 1. The van der Waals surface area contributed by atoms with Crippen molar-refractivity contribution in [1.29, 1.82) is 0 Å². The highest BCUT2D eigenvalue weighted by molar-refractivity contribution is 7.99. The van der Waals surface area contributed by atoms with E-state index >= 15 is 0 Å². The maximum Gasteiger partial charge on any atom is 0.334 e. The van der Waals surface area contributed by atoms with Crippen LogP contribution >= 0.6 is 11.8 Å². The highest BCUT2D eigenvalue weighted by atomic mass is 32.2. The second-order valence-electron chi connectivity index (χ2n) is 4.49. The van der Waals surface area contributed by atoms with E-state index in [2.05, 4.69) is 0 Å². The van der Waals surface area contributed by atoms with Crippen molar-refractivity contribution in [2.24, 2.45) is 0 Å². The number of thioether (sulfide) groups is 1. The molecule has 0 aromatic carbocycles. The van der Waals surface area contributed by atoms with Crippen molar-refractivity contribution < 1.29 is 24.2 Å². The number of rotatable bonds is 2. The van der Waals surface area contributed by atoms with Crippen LogP contribution in [0.3, 0.4) is 0 Å². The molecule has 2 atom stereocenters. The van der Waals surface area contributed by atoms with Crippen LogP contribution in [-0.2, 0) is 19.1 Å². The van der Waals surface area contributed by atoms with Crippen molar-refractivity contribution in [3.05, 3.63) is 0 Å². The SMILES string of the molecule is CC(=O)N1CSC[C@@H]1C(=O)N1CCO[C@H](C(=O)O)C1. The van der Waals surface area contributed by atoms with Gasteiger partial charge in [0, 0.05) is 19.2 Å². The van der Waals surface area contributed by atoms with Crippen LogP contribution in [0, 0.1) is 0 Å². The summed E-state index contributed by atoms with van der Waals surface area (Å²) < 4.78 is 5.08. The zero-order valence-electron chi connectivity index (χ0n) is 10.6. The van der Waals surface area contributed by atoms with Gasteiger partial charge >= 0.3 is 5.97 Å². The van der Waals surface area contributed by atoms with Gasteiger partial charge < -0.3 is 19.6 Å². The third kappa shape index (κ3) is 3.01. The van der Waals surface area contributed by atoms with Crippen molar-refractivity contribution in [1.82, 2.24) is 9.80 Å². The number of carbonyl (C=O) groups excluding carboxylic acids is 2. The predicted octanol–water partition coefficient (Wildman–Crippen LogP) is -0.780. The van der Waals surface area contributed by atoms with Crippen LogP contribution in [0.4, 0.5) is 0 Å². The summed E-state index contributed by atoms with van der Waals surface area (Å²) in [4.78, 5) is 37.7. The number of amides is 2. The van der Waals surface area contributed by atoms with Gasteiger partial charge in [-0.2, -0.15) is 0 Å². The molecule has 0 aromatic rings. The van der Waals surface area contributed by atoms with Gasteiger partial charge in [-0.3, -0.25) is 9.59 Å². The van der Waals surface area contributed by atoms with Crippen LogP contribution in [-0.4, -0.2) is 76.2 Å². The van der Waals surface area contributed by atoms with Crippen molar-refractivity contribution >= 4 is 29.5 Å². The largest absolute Gasteiger partial charge is 0.479 e. The van der Waals surface area contributed by atoms with E-state index in [4.69, 9.17) is 9.84 Å². The minimum absolute atomic E-state index is 0.0427. The molecule has 2 rings (SSSR count). The summed E-state index contributed by atoms with van der Waals surface area (Å²) >= 11 is 1.53. The van der Waals surface area contributed by atoms with Crippen LogP contribution in [0.15, 0.2) is 0 Å². The number of hydrogen-bond acceptors (Lipinski definition) is 5. The van der Waals surface area contributed by atoms with E-state index < -0.39 is 18.1 Å². The summed E-state index contributed by atoms with van der Waals surface area (Å²) in [6.45, 7) is 2.06. The molecule has 2 fully saturated rings. The molecule has 0 aromatic heterocycles. The van der Waals surface area contributed by atoms with Crippen molar-refractivity contribution in [3.8, 4) is 0 Å². The molecule has 19 heavy (non-hydrogen) atoms. The van der Waals surface area contributed by atoms with Crippen LogP contribution in [0.2, 0.25) is 0 Å². The fourth-order valence-electron chi connectivity index (χ4n) is 2.17. The molecule has 8 heteroatoms. The molecule has 0 saturated carbocycles. The Hall–Kier alpha value is -1.28. The molecule has 2 heterocycles. The van der Waals surface area contributed by atoms with E-state index in [1.54, 1.807) is 0 Å². The Kier molecular flexibility index (Phi) is 4.31. The molecule has 2 saturated heterocycles. The van der Waals surface area contributed by atoms with Gasteiger partial charge in [0.15, 0.2) is 6.10 Å². The first-order valence-corrected chi connectivity index (χ1v) is 7.14. The molecule has 2 aliphatic rings. The number of morpholine rings is 1. The van der Waals surface area contributed by atoms with E-state index in [0.29, 0.717) is 18.2 Å². The molecule has 0 bridgehead atoms. The number of carboxylic acid groups (broad SMARTS) is 1. The van der Waals surface area contributed by atoms with Gasteiger partial charge in [-0.25, -0.2) is 4.79 Å². The zero-order valence-corrected chi connectivity index (χ0v) is 11.4. The van der Waals surface area contributed by atoms with E-state index in [1.165, 1.54) is 28.5 Å². The summed E-state index contributed by atoms with van der Waals surface area (Å²) in [7, 11) is 0. The second-order valence-corrected chi connectivity index (χ2v) is 5.49. The van der Waals surface area contributed by atoms with Gasteiger partial charge in [-0.1, -0.05) is 0 Å². The minimum Gasteiger partial charge on any atom is -0.479 e. The van der Waals surface area contributed by atoms with E-state index in [0.717, 1.165) is 0 Å². The van der Waals surface area contributed by atoms with Crippen molar-refractivity contribution in [2.75, 3.05) is 31.3 Å². The van der Waals surface area contributed by atoms with Crippen LogP contribution in [0.25, 0.3) is 0 Å². The van der Waals surface area contributed by atoms with E-state index in [9.17, 15) is 14.4 Å². The van der Waals surface area contributed by atoms with Gasteiger partial charge in [-0.05, 0) is 0 Å². The first-order valence-electron chi connectivity index (χ1n) is 5.99. The van der Waals surface area contributed by atoms with Gasteiger partial charge in [0.1, 0.15) is 6.04 Å². The minimum atomic E-state index is -1.07. The predicted molar refractivity (Wildman–Crippen MR) is 67.6 cm³/mol. The van der Waals surface area contributed by atoms with Crippen molar-refractivity contribution in [3.63, 3.8) is 0 Å². The highest BCUT2D eigenvalue weighted by Crippen LogP contribution is 2.23. The molecule has 2 amide bonds. The second kappa shape index (κ2) is 5.79. The van der Waals surface area contributed by atoms with Crippen LogP contribution < -0.4 is 0 Å². The molecule has 0 spiro atoms. The average Bonchev–Trinajstić information content (AvgIpc) is 2.87. The molecule has 1 N–H and O–H groups in total.